The average Bonchev–Trinajstić information content (AvgIpc) is 2.95. The molecule has 22 heavy (non-hydrogen) atoms. The summed E-state index contributed by atoms with van der Waals surface area (Å²) < 4.78 is 0. The molecular weight excluding hydrogens is 276 g/mol. The molecule has 1 heterocycles. The maximum atomic E-state index is 12.1. The normalized spacial score (nSPS) is 15.4. The molecular formula is C18H18N2O2. The molecule has 1 aliphatic rings. The minimum Gasteiger partial charge on any atom is -0.410 e. The smallest absolute Gasteiger partial charge is 0.227 e. The lowest BCUT2D eigenvalue weighted by Crippen LogP contribution is -2.26. The van der Waals surface area contributed by atoms with Crippen molar-refractivity contribution >= 4 is 17.3 Å². The van der Waals surface area contributed by atoms with Gasteiger partial charge in [-0.1, -0.05) is 47.1 Å². The Labute approximate surface area is 129 Å². The highest BCUT2D eigenvalue weighted by Crippen LogP contribution is 2.28. The van der Waals surface area contributed by atoms with Crippen molar-refractivity contribution in [3.63, 3.8) is 0 Å². The Balaban J connectivity index is 2.13. The number of nitrogens with zero attached hydrogens (tertiary/aromatic N) is 2. The van der Waals surface area contributed by atoms with E-state index in [2.05, 4.69) is 5.16 Å². The molecule has 0 saturated carbocycles. The van der Waals surface area contributed by atoms with Crippen LogP contribution in [0, 0.1) is 6.92 Å². The molecule has 0 aromatic heterocycles. The van der Waals surface area contributed by atoms with E-state index < -0.39 is 0 Å². The monoisotopic (exact) mass is 294 g/mol. The second kappa shape index (κ2) is 6.02. The molecule has 0 aliphatic carbocycles. The van der Waals surface area contributed by atoms with E-state index in [4.69, 9.17) is 0 Å². The molecule has 0 spiro atoms. The largest absolute Gasteiger partial charge is 0.410 e. The van der Waals surface area contributed by atoms with Gasteiger partial charge < -0.3 is 10.1 Å². The molecule has 4 nitrogen and oxygen atoms in total. The van der Waals surface area contributed by atoms with Gasteiger partial charge in [-0.15, -0.1) is 0 Å². The van der Waals surface area contributed by atoms with Gasteiger partial charge in [0, 0.05) is 24.1 Å². The van der Waals surface area contributed by atoms with Gasteiger partial charge in [-0.25, -0.2) is 0 Å². The predicted octanol–water partition coefficient (Wildman–Crippen LogP) is 3.35. The first kappa shape index (κ1) is 14.3. The summed E-state index contributed by atoms with van der Waals surface area (Å²) in [6.45, 7) is 2.70. The summed E-state index contributed by atoms with van der Waals surface area (Å²) in [6, 6.07) is 15.4. The summed E-state index contributed by atoms with van der Waals surface area (Å²) in [7, 11) is 0. The fourth-order valence-corrected chi connectivity index (χ4v) is 2.84. The van der Waals surface area contributed by atoms with Gasteiger partial charge in [0.1, 0.15) is 5.71 Å². The first-order chi connectivity index (χ1) is 10.7. The Bertz CT molecular complexity index is 723. The Morgan fingerprint density at radius 3 is 2.59 bits per heavy atom. The number of rotatable bonds is 3. The van der Waals surface area contributed by atoms with Gasteiger partial charge >= 0.3 is 0 Å². The quantitative estimate of drug-likeness (QED) is 0.536. The van der Waals surface area contributed by atoms with Gasteiger partial charge in [0.2, 0.25) is 5.91 Å². The Hall–Kier alpha value is -2.62. The van der Waals surface area contributed by atoms with E-state index in [1.807, 2.05) is 55.5 Å². The third kappa shape index (κ3) is 2.60. The number of benzene rings is 2. The lowest BCUT2D eigenvalue weighted by Gasteiger charge is -2.21. The van der Waals surface area contributed by atoms with E-state index in [9.17, 15) is 10.0 Å². The summed E-state index contributed by atoms with van der Waals surface area (Å²) in [4.78, 5) is 13.9. The number of hydrogen-bond donors (Lipinski definition) is 1. The Morgan fingerprint density at radius 2 is 1.95 bits per heavy atom. The van der Waals surface area contributed by atoms with Crippen molar-refractivity contribution in [2.75, 3.05) is 11.4 Å². The molecule has 3 rings (SSSR count). The first-order valence-electron chi connectivity index (χ1n) is 7.39. The van der Waals surface area contributed by atoms with Crippen molar-refractivity contribution in [2.24, 2.45) is 5.16 Å². The molecule has 1 aliphatic heterocycles. The lowest BCUT2D eigenvalue weighted by atomic mass is 9.98. The highest BCUT2D eigenvalue weighted by molar-refractivity contribution is 6.17. The van der Waals surface area contributed by atoms with E-state index in [-0.39, 0.29) is 5.91 Å². The summed E-state index contributed by atoms with van der Waals surface area (Å²) in [5, 5.41) is 13.0. The number of amides is 1. The van der Waals surface area contributed by atoms with Gasteiger partial charge in [0.25, 0.3) is 0 Å². The molecule has 2 aromatic carbocycles. The third-order valence-electron chi connectivity index (χ3n) is 3.92. The first-order valence-corrected chi connectivity index (χ1v) is 7.39. The third-order valence-corrected chi connectivity index (χ3v) is 3.92. The molecule has 0 atom stereocenters. The van der Waals surface area contributed by atoms with Crippen LogP contribution in [0.15, 0.2) is 53.7 Å². The molecule has 1 amide bonds. The highest BCUT2D eigenvalue weighted by atomic mass is 16.4. The van der Waals surface area contributed by atoms with Crippen molar-refractivity contribution in [3.05, 3.63) is 65.2 Å². The molecule has 2 aromatic rings. The zero-order chi connectivity index (χ0) is 15.5. The summed E-state index contributed by atoms with van der Waals surface area (Å²) in [5.74, 6) is 0.121. The minimum atomic E-state index is 0.121. The second-order valence-corrected chi connectivity index (χ2v) is 5.48. The lowest BCUT2D eigenvalue weighted by molar-refractivity contribution is -0.117. The van der Waals surface area contributed by atoms with E-state index in [1.54, 1.807) is 4.90 Å². The maximum absolute atomic E-state index is 12.1. The topological polar surface area (TPSA) is 52.9 Å². The maximum Gasteiger partial charge on any atom is 0.227 e. The molecule has 0 bridgehead atoms. The van der Waals surface area contributed by atoms with Crippen LogP contribution in [-0.4, -0.2) is 23.4 Å². The van der Waals surface area contributed by atoms with Gasteiger partial charge in [0.15, 0.2) is 0 Å². The predicted molar refractivity (Wildman–Crippen MR) is 86.6 cm³/mol. The van der Waals surface area contributed by atoms with E-state index in [0.29, 0.717) is 18.7 Å². The van der Waals surface area contributed by atoms with Crippen LogP contribution < -0.4 is 4.90 Å². The van der Waals surface area contributed by atoms with Gasteiger partial charge in [-0.2, -0.15) is 0 Å². The van der Waals surface area contributed by atoms with Gasteiger partial charge in [0.05, 0.1) is 5.69 Å². The number of oxime groups is 1. The van der Waals surface area contributed by atoms with Crippen molar-refractivity contribution in [2.45, 2.75) is 19.8 Å². The second-order valence-electron chi connectivity index (χ2n) is 5.48. The van der Waals surface area contributed by atoms with Crippen LogP contribution in [0.1, 0.15) is 29.5 Å². The van der Waals surface area contributed by atoms with Crippen LogP contribution in [0.3, 0.4) is 0 Å². The summed E-state index contributed by atoms with van der Waals surface area (Å²) in [6.07, 6.45) is 1.44. The van der Waals surface area contributed by atoms with Gasteiger partial charge in [-0.3, -0.25) is 4.79 Å². The standard InChI is InChI=1S/C18H18N2O2/c1-13-9-10-16(20-11-5-8-17(20)21)15(12-13)18(19-22)14-6-3-2-4-7-14/h2-4,6-7,9-10,12,22H,5,8,11H2,1H3. The average molecular weight is 294 g/mol. The van der Waals surface area contributed by atoms with Crippen LogP contribution in [0.25, 0.3) is 0 Å². The van der Waals surface area contributed by atoms with Crippen molar-refractivity contribution < 1.29 is 10.0 Å². The van der Waals surface area contributed by atoms with Crippen LogP contribution in [0.5, 0.6) is 0 Å². The van der Waals surface area contributed by atoms with Crippen molar-refractivity contribution in [3.8, 4) is 0 Å². The van der Waals surface area contributed by atoms with E-state index in [0.717, 1.165) is 28.8 Å². The zero-order valence-electron chi connectivity index (χ0n) is 12.5. The summed E-state index contributed by atoms with van der Waals surface area (Å²) >= 11 is 0. The molecule has 1 saturated heterocycles. The number of hydrogen-bond acceptors (Lipinski definition) is 3. The number of carbonyl (C=O) groups is 1. The van der Waals surface area contributed by atoms with Crippen molar-refractivity contribution in [1.82, 2.24) is 0 Å². The molecule has 1 fully saturated rings. The molecule has 1 N–H and O–H groups in total. The zero-order valence-corrected chi connectivity index (χ0v) is 12.5. The van der Waals surface area contributed by atoms with E-state index in [1.165, 1.54) is 0 Å². The molecule has 0 unspecified atom stereocenters. The number of anilines is 1. The molecule has 4 heteroatoms. The highest BCUT2D eigenvalue weighted by Gasteiger charge is 2.25. The van der Waals surface area contributed by atoms with Gasteiger partial charge in [-0.05, 0) is 25.5 Å². The molecule has 112 valence electrons. The van der Waals surface area contributed by atoms with Crippen LogP contribution in [-0.2, 0) is 4.79 Å². The Kier molecular flexibility index (Phi) is 3.92. The van der Waals surface area contributed by atoms with Crippen LogP contribution in [0.4, 0.5) is 5.69 Å². The minimum absolute atomic E-state index is 0.121. The fourth-order valence-electron chi connectivity index (χ4n) is 2.84. The SMILES string of the molecule is Cc1ccc(N2CCCC2=O)c(C(=NO)c2ccccc2)c1. The Morgan fingerprint density at radius 1 is 1.18 bits per heavy atom. The molecule has 0 radical (unpaired) electrons. The van der Waals surface area contributed by atoms with Crippen molar-refractivity contribution in [1.29, 1.82) is 0 Å². The fraction of sp³-hybridized carbons (Fsp3) is 0.222. The number of carbonyl (C=O) groups excluding carboxylic acids is 1. The van der Waals surface area contributed by atoms with Crippen LogP contribution in [0.2, 0.25) is 0 Å². The summed E-state index contributed by atoms with van der Waals surface area (Å²) in [5.41, 5.74) is 3.96. The van der Waals surface area contributed by atoms with E-state index >= 15 is 0 Å². The number of aryl methyl sites for hydroxylation is 1. The van der Waals surface area contributed by atoms with Crippen LogP contribution >= 0.6 is 0 Å².